The third-order valence-electron chi connectivity index (χ3n) is 5.30. The Morgan fingerprint density at radius 1 is 1.06 bits per heavy atom. The van der Waals surface area contributed by atoms with Crippen LogP contribution in [0.15, 0.2) is 53.1 Å². The summed E-state index contributed by atoms with van der Waals surface area (Å²) >= 11 is 0. The second-order valence-electron chi connectivity index (χ2n) is 7.36. The maximum atomic E-state index is 12.8. The number of carbonyl (C=O) groups is 2. The molecule has 1 amide bonds. The van der Waals surface area contributed by atoms with Crippen molar-refractivity contribution in [2.24, 2.45) is 0 Å². The van der Waals surface area contributed by atoms with Gasteiger partial charge in [-0.2, -0.15) is 5.10 Å². The van der Waals surface area contributed by atoms with Crippen molar-refractivity contribution in [1.29, 1.82) is 0 Å². The molecular weight excluding hydrogens is 428 g/mol. The number of amides is 1. The van der Waals surface area contributed by atoms with Crippen molar-refractivity contribution < 1.29 is 28.7 Å². The van der Waals surface area contributed by atoms with Gasteiger partial charge in [-0.3, -0.25) is 10.1 Å². The predicted molar refractivity (Wildman–Crippen MR) is 116 cm³/mol. The average Bonchev–Trinajstić information content (AvgIpc) is 3.51. The summed E-state index contributed by atoms with van der Waals surface area (Å²) < 4.78 is 17.5. The summed E-state index contributed by atoms with van der Waals surface area (Å²) in [5.41, 5.74) is 2.66. The highest BCUT2D eigenvalue weighted by atomic mass is 16.7. The van der Waals surface area contributed by atoms with E-state index in [1.165, 1.54) is 6.07 Å². The number of rotatable bonds is 5. The van der Waals surface area contributed by atoms with Crippen LogP contribution in [0.3, 0.4) is 0 Å². The molecule has 33 heavy (non-hydrogen) atoms. The van der Waals surface area contributed by atoms with Gasteiger partial charge in [0.2, 0.25) is 12.7 Å². The predicted octanol–water partition coefficient (Wildman–Crippen LogP) is 3.82. The highest BCUT2D eigenvalue weighted by Gasteiger charge is 2.29. The van der Waals surface area contributed by atoms with Gasteiger partial charge in [0.15, 0.2) is 17.1 Å². The van der Waals surface area contributed by atoms with Crippen LogP contribution in [-0.2, 0) is 0 Å². The highest BCUT2D eigenvalue weighted by Crippen LogP contribution is 2.35. The largest absolute Gasteiger partial charge is 0.477 e. The molecule has 0 radical (unpaired) electrons. The number of benzene rings is 2. The van der Waals surface area contributed by atoms with E-state index in [4.69, 9.17) is 14.0 Å². The Kier molecular flexibility index (Phi) is 4.82. The lowest BCUT2D eigenvalue weighted by Crippen LogP contribution is -2.14. The summed E-state index contributed by atoms with van der Waals surface area (Å²) in [4.78, 5) is 24.9. The summed E-state index contributed by atoms with van der Waals surface area (Å²) in [7, 11) is 0. The van der Waals surface area contributed by atoms with Gasteiger partial charge in [0, 0.05) is 11.1 Å². The maximum Gasteiger partial charge on any atom is 0.343 e. The molecule has 166 valence electrons. The Hall–Kier alpha value is -4.60. The normalized spacial score (nSPS) is 12.1. The van der Waals surface area contributed by atoms with Gasteiger partial charge in [-0.05, 0) is 44.2 Å². The lowest BCUT2D eigenvalue weighted by Gasteiger charge is -2.05. The molecule has 0 atom stereocenters. The zero-order valence-corrected chi connectivity index (χ0v) is 17.7. The quantitative estimate of drug-likeness (QED) is 0.473. The smallest absolute Gasteiger partial charge is 0.343 e. The van der Waals surface area contributed by atoms with Crippen molar-refractivity contribution in [1.82, 2.24) is 14.9 Å². The van der Waals surface area contributed by atoms with Gasteiger partial charge in [-0.25, -0.2) is 9.48 Å². The molecule has 4 aromatic rings. The molecule has 3 heterocycles. The number of carboxylic acids is 1. The first kappa shape index (κ1) is 20.3. The molecule has 2 N–H and O–H groups in total. The van der Waals surface area contributed by atoms with Gasteiger partial charge >= 0.3 is 5.97 Å². The number of anilines is 1. The fourth-order valence-electron chi connectivity index (χ4n) is 3.76. The van der Waals surface area contributed by atoms with E-state index in [-0.39, 0.29) is 29.5 Å². The summed E-state index contributed by atoms with van der Waals surface area (Å²) in [6, 6.07) is 14.1. The molecule has 0 unspecified atom stereocenters. The van der Waals surface area contributed by atoms with Crippen molar-refractivity contribution in [3.8, 4) is 28.4 Å². The molecule has 10 nitrogen and oxygen atoms in total. The first-order valence-electron chi connectivity index (χ1n) is 10.00. The van der Waals surface area contributed by atoms with Crippen LogP contribution < -0.4 is 14.8 Å². The summed E-state index contributed by atoms with van der Waals surface area (Å²) in [5.74, 6) is -1.18. The molecule has 1 aliphatic rings. The zero-order valence-electron chi connectivity index (χ0n) is 17.7. The van der Waals surface area contributed by atoms with Crippen molar-refractivity contribution >= 4 is 17.8 Å². The Bertz CT molecular complexity index is 1390. The molecule has 2 aromatic heterocycles. The molecular formula is C23H18N4O6. The van der Waals surface area contributed by atoms with E-state index in [0.717, 1.165) is 5.69 Å². The van der Waals surface area contributed by atoms with E-state index in [1.54, 1.807) is 23.7 Å². The first-order chi connectivity index (χ1) is 15.9. The second kappa shape index (κ2) is 7.83. The Balaban J connectivity index is 1.52. The summed E-state index contributed by atoms with van der Waals surface area (Å²) in [5, 5.41) is 20.9. The van der Waals surface area contributed by atoms with Crippen LogP contribution in [0.2, 0.25) is 0 Å². The maximum absolute atomic E-state index is 12.8. The van der Waals surface area contributed by atoms with Gasteiger partial charge in [0.25, 0.3) is 5.91 Å². The number of hydrogen-bond donors (Lipinski definition) is 2. The Morgan fingerprint density at radius 2 is 1.82 bits per heavy atom. The number of aromatic nitrogens is 3. The van der Waals surface area contributed by atoms with E-state index < -0.39 is 11.9 Å². The number of carbonyl (C=O) groups excluding carboxylic acids is 1. The van der Waals surface area contributed by atoms with Crippen molar-refractivity contribution in [2.75, 3.05) is 12.1 Å². The number of ether oxygens (including phenoxy) is 2. The van der Waals surface area contributed by atoms with Gasteiger partial charge in [-0.15, -0.1) is 0 Å². The topological polar surface area (TPSA) is 129 Å². The highest BCUT2D eigenvalue weighted by molar-refractivity contribution is 6.08. The number of fused-ring (bicyclic) bond motifs is 1. The number of nitrogens with one attached hydrogen (secondary N) is 1. The lowest BCUT2D eigenvalue weighted by molar-refractivity contribution is 0.0698. The number of hydrogen-bond acceptors (Lipinski definition) is 7. The SMILES string of the molecule is Cc1nn(-c2ccccc2)c(C)c1-c1noc(NC(=O)c2ccc3c(c2)OCO3)c1C(=O)O. The number of para-hydroxylation sites is 1. The zero-order chi connectivity index (χ0) is 23.1. The molecule has 0 bridgehead atoms. The summed E-state index contributed by atoms with van der Waals surface area (Å²) in [6.45, 7) is 3.64. The number of nitrogens with zero attached hydrogens (tertiary/aromatic N) is 3. The van der Waals surface area contributed by atoms with Gasteiger partial charge < -0.3 is 19.1 Å². The lowest BCUT2D eigenvalue weighted by atomic mass is 10.1. The van der Waals surface area contributed by atoms with Crippen molar-refractivity contribution in [3.63, 3.8) is 0 Å². The fourth-order valence-corrected chi connectivity index (χ4v) is 3.76. The van der Waals surface area contributed by atoms with Crippen LogP contribution in [0.1, 0.15) is 32.1 Å². The van der Waals surface area contributed by atoms with E-state index in [2.05, 4.69) is 15.6 Å². The molecule has 0 fully saturated rings. The fraction of sp³-hybridized carbons (Fsp3) is 0.130. The van der Waals surface area contributed by atoms with Crippen LogP contribution in [0.4, 0.5) is 5.88 Å². The summed E-state index contributed by atoms with van der Waals surface area (Å²) in [6.07, 6.45) is 0. The standard InChI is InChI=1S/C23H18N4O6/c1-12-18(13(2)27(25-12)15-6-4-3-5-7-15)20-19(23(29)30)22(33-26-20)24-21(28)14-8-9-16-17(10-14)32-11-31-16/h3-10H,11H2,1-2H3,(H,24,28)(H,29,30). The van der Waals surface area contributed by atoms with Gasteiger partial charge in [-0.1, -0.05) is 23.4 Å². The Labute approximate surface area is 187 Å². The molecule has 0 aliphatic carbocycles. The van der Waals surface area contributed by atoms with E-state index in [9.17, 15) is 14.7 Å². The van der Waals surface area contributed by atoms with Crippen LogP contribution >= 0.6 is 0 Å². The van der Waals surface area contributed by atoms with Crippen molar-refractivity contribution in [3.05, 3.63) is 71.0 Å². The van der Waals surface area contributed by atoms with Crippen LogP contribution in [0.25, 0.3) is 16.9 Å². The molecule has 0 spiro atoms. The molecule has 5 rings (SSSR count). The molecule has 0 saturated heterocycles. The molecule has 2 aromatic carbocycles. The molecule has 10 heteroatoms. The Morgan fingerprint density at radius 3 is 2.58 bits per heavy atom. The van der Waals surface area contributed by atoms with E-state index >= 15 is 0 Å². The van der Waals surface area contributed by atoms with Crippen LogP contribution in [0, 0.1) is 13.8 Å². The van der Waals surface area contributed by atoms with Crippen LogP contribution in [-0.4, -0.2) is 38.7 Å². The first-order valence-corrected chi connectivity index (χ1v) is 10.00. The third kappa shape index (κ3) is 3.47. The molecule has 0 saturated carbocycles. The number of aromatic carboxylic acids is 1. The van der Waals surface area contributed by atoms with Gasteiger partial charge in [0.05, 0.1) is 17.1 Å². The second-order valence-corrected chi connectivity index (χ2v) is 7.36. The molecule has 1 aliphatic heterocycles. The third-order valence-corrected chi connectivity index (χ3v) is 5.30. The van der Waals surface area contributed by atoms with E-state index in [0.29, 0.717) is 28.5 Å². The minimum absolute atomic E-state index is 0.0738. The minimum atomic E-state index is -1.29. The number of aryl methyl sites for hydroxylation is 1. The van der Waals surface area contributed by atoms with E-state index in [1.807, 2.05) is 37.3 Å². The van der Waals surface area contributed by atoms with Crippen molar-refractivity contribution in [2.45, 2.75) is 13.8 Å². The van der Waals surface area contributed by atoms with Crippen LogP contribution in [0.5, 0.6) is 11.5 Å². The monoisotopic (exact) mass is 446 g/mol. The average molecular weight is 446 g/mol. The minimum Gasteiger partial charge on any atom is -0.477 e. The number of carboxylic acid groups (broad SMARTS) is 1. The van der Waals surface area contributed by atoms with Gasteiger partial charge in [0.1, 0.15) is 5.69 Å².